The first-order valence-corrected chi connectivity index (χ1v) is 9.01. The number of aliphatic hydroxyl groups is 2. The van der Waals surface area contributed by atoms with Crippen LogP contribution in [0.1, 0.15) is 48.4 Å². The predicted molar refractivity (Wildman–Crippen MR) is 95.6 cm³/mol. The molecule has 0 radical (unpaired) electrons. The van der Waals surface area contributed by atoms with E-state index < -0.39 is 6.10 Å². The van der Waals surface area contributed by atoms with Gasteiger partial charge in [-0.15, -0.1) is 0 Å². The fraction of sp³-hybridized carbons (Fsp3) is 0.474. The number of ether oxygens (including phenoxy) is 1. The summed E-state index contributed by atoms with van der Waals surface area (Å²) < 4.78 is 5.89. The van der Waals surface area contributed by atoms with E-state index in [0.29, 0.717) is 24.3 Å². The fourth-order valence-corrected chi connectivity index (χ4v) is 3.30. The lowest BCUT2D eigenvalue weighted by Gasteiger charge is -2.32. The molecule has 1 aromatic carbocycles. The maximum absolute atomic E-state index is 10.0. The van der Waals surface area contributed by atoms with Crippen LogP contribution < -0.4 is 0 Å². The fourth-order valence-electron chi connectivity index (χ4n) is 3.12. The van der Waals surface area contributed by atoms with Gasteiger partial charge in [0, 0.05) is 24.3 Å². The van der Waals surface area contributed by atoms with Crippen molar-refractivity contribution < 1.29 is 14.9 Å². The molecule has 3 rings (SSSR count). The van der Waals surface area contributed by atoms with E-state index in [4.69, 9.17) is 16.3 Å². The van der Waals surface area contributed by atoms with Gasteiger partial charge in [-0.2, -0.15) is 10.2 Å². The van der Waals surface area contributed by atoms with Crippen LogP contribution in [0.2, 0.25) is 5.02 Å². The van der Waals surface area contributed by atoms with Crippen molar-refractivity contribution in [2.45, 2.75) is 50.9 Å². The lowest BCUT2D eigenvalue weighted by Crippen LogP contribution is -2.33. The minimum absolute atomic E-state index is 0.0899. The lowest BCUT2D eigenvalue weighted by molar-refractivity contribution is -0.113. The number of halogens is 1. The zero-order valence-electron chi connectivity index (χ0n) is 14.2. The minimum atomic E-state index is -0.470. The van der Waals surface area contributed by atoms with Gasteiger partial charge >= 0.3 is 0 Å². The highest BCUT2D eigenvalue weighted by molar-refractivity contribution is 6.31. The number of rotatable bonds is 5. The first-order chi connectivity index (χ1) is 12.1. The molecule has 1 aliphatic rings. The van der Waals surface area contributed by atoms with Gasteiger partial charge in [-0.25, -0.2) is 0 Å². The van der Waals surface area contributed by atoms with Crippen LogP contribution in [0.25, 0.3) is 0 Å². The number of aliphatic hydroxyl groups excluding tert-OH is 2. The van der Waals surface area contributed by atoms with Gasteiger partial charge < -0.3 is 14.9 Å². The third kappa shape index (κ3) is 4.55. The van der Waals surface area contributed by atoms with E-state index in [-0.39, 0.29) is 18.8 Å². The molecule has 25 heavy (non-hydrogen) atoms. The molecule has 3 atom stereocenters. The van der Waals surface area contributed by atoms with E-state index in [1.165, 1.54) is 0 Å². The van der Waals surface area contributed by atoms with Crippen molar-refractivity contribution in [3.05, 3.63) is 57.9 Å². The van der Waals surface area contributed by atoms with Gasteiger partial charge in [0.2, 0.25) is 0 Å². The van der Waals surface area contributed by atoms with Gasteiger partial charge in [0.15, 0.2) is 0 Å². The summed E-state index contributed by atoms with van der Waals surface area (Å²) in [4.78, 5) is 0. The third-order valence-corrected chi connectivity index (χ3v) is 4.90. The molecular formula is C19H23ClN2O3. The number of nitrogens with zero attached hydrogens (tertiary/aromatic N) is 2. The summed E-state index contributed by atoms with van der Waals surface area (Å²) in [5, 5.41) is 28.5. The maximum Gasteiger partial charge on any atom is 0.0854 e. The molecule has 0 amide bonds. The molecule has 0 aliphatic carbocycles. The van der Waals surface area contributed by atoms with Crippen molar-refractivity contribution in [3.63, 3.8) is 0 Å². The second-order valence-corrected chi connectivity index (χ2v) is 6.86. The molecule has 2 heterocycles. The van der Waals surface area contributed by atoms with Crippen LogP contribution >= 0.6 is 11.6 Å². The molecular weight excluding hydrogens is 340 g/mol. The molecule has 1 fully saturated rings. The zero-order chi connectivity index (χ0) is 17.8. The molecule has 6 heteroatoms. The number of aromatic nitrogens is 2. The van der Waals surface area contributed by atoms with Gasteiger partial charge in [-0.1, -0.05) is 30.7 Å². The normalized spacial score (nSPS) is 23.6. The Kier molecular flexibility index (Phi) is 6.02. The number of benzene rings is 1. The molecule has 1 aromatic heterocycles. The summed E-state index contributed by atoms with van der Waals surface area (Å²) in [6.45, 7) is 1.95. The van der Waals surface area contributed by atoms with Crippen LogP contribution in [0.4, 0.5) is 0 Å². The highest BCUT2D eigenvalue weighted by Crippen LogP contribution is 2.33. The van der Waals surface area contributed by atoms with Gasteiger partial charge in [0.25, 0.3) is 0 Å². The molecule has 0 saturated carbocycles. The second kappa shape index (κ2) is 8.23. The first-order valence-electron chi connectivity index (χ1n) is 8.63. The highest BCUT2D eigenvalue weighted by atomic mass is 35.5. The topological polar surface area (TPSA) is 75.5 Å². The number of hydrogen-bond acceptors (Lipinski definition) is 5. The van der Waals surface area contributed by atoms with Crippen LogP contribution in [-0.2, 0) is 17.6 Å². The summed E-state index contributed by atoms with van der Waals surface area (Å²) in [5.41, 5.74) is 3.72. The first kappa shape index (κ1) is 18.3. The largest absolute Gasteiger partial charge is 0.394 e. The van der Waals surface area contributed by atoms with Crippen LogP contribution in [0.5, 0.6) is 0 Å². The van der Waals surface area contributed by atoms with Crippen molar-refractivity contribution in [2.24, 2.45) is 0 Å². The monoisotopic (exact) mass is 362 g/mol. The molecule has 0 bridgehead atoms. The standard InChI is InChI=1S/C19H23ClN2O3/c1-2-14-4-5-15(22-21-14)8-13-7-12(3-6-18(13)20)19-10-16(24)9-17(11-23)25-19/h3-7,16-17,19,23-24H,2,8-11H2,1H3. The van der Waals surface area contributed by atoms with E-state index in [2.05, 4.69) is 10.2 Å². The minimum Gasteiger partial charge on any atom is -0.394 e. The molecule has 0 spiro atoms. The second-order valence-electron chi connectivity index (χ2n) is 6.45. The van der Waals surface area contributed by atoms with Gasteiger partial charge in [0.05, 0.1) is 36.3 Å². The summed E-state index contributed by atoms with van der Waals surface area (Å²) in [5.74, 6) is 0. The number of aryl methyl sites for hydroxylation is 1. The highest BCUT2D eigenvalue weighted by Gasteiger charge is 2.29. The zero-order valence-corrected chi connectivity index (χ0v) is 15.0. The van der Waals surface area contributed by atoms with Crippen molar-refractivity contribution in [3.8, 4) is 0 Å². The third-order valence-electron chi connectivity index (χ3n) is 4.53. The quantitative estimate of drug-likeness (QED) is 0.855. The Bertz CT molecular complexity index is 708. The molecule has 1 aliphatic heterocycles. The summed E-state index contributed by atoms with van der Waals surface area (Å²) in [7, 11) is 0. The average molecular weight is 363 g/mol. The Hall–Kier alpha value is -1.53. The van der Waals surface area contributed by atoms with Crippen LogP contribution in [-0.4, -0.2) is 39.2 Å². The van der Waals surface area contributed by atoms with E-state index >= 15 is 0 Å². The molecule has 3 unspecified atom stereocenters. The van der Waals surface area contributed by atoms with Gasteiger partial charge in [0.1, 0.15) is 0 Å². The van der Waals surface area contributed by atoms with Crippen molar-refractivity contribution >= 4 is 11.6 Å². The Morgan fingerprint density at radius 2 is 1.92 bits per heavy atom. The van der Waals surface area contributed by atoms with Crippen LogP contribution in [0.15, 0.2) is 30.3 Å². The summed E-state index contributed by atoms with van der Waals surface area (Å²) in [6.07, 6.45) is 1.38. The maximum atomic E-state index is 10.0. The Balaban J connectivity index is 1.79. The Labute approximate surface area is 152 Å². The van der Waals surface area contributed by atoms with E-state index in [9.17, 15) is 10.2 Å². The molecule has 2 aromatic rings. The molecule has 1 saturated heterocycles. The summed E-state index contributed by atoms with van der Waals surface area (Å²) in [6, 6.07) is 9.70. The average Bonchev–Trinajstić information content (AvgIpc) is 2.63. The smallest absolute Gasteiger partial charge is 0.0854 e. The van der Waals surface area contributed by atoms with Gasteiger partial charge in [-0.3, -0.25) is 0 Å². The SMILES string of the molecule is CCc1ccc(Cc2cc(C3CC(O)CC(CO)O3)ccc2Cl)nn1. The Morgan fingerprint density at radius 3 is 2.60 bits per heavy atom. The molecule has 5 nitrogen and oxygen atoms in total. The van der Waals surface area contributed by atoms with Crippen molar-refractivity contribution in [2.75, 3.05) is 6.61 Å². The van der Waals surface area contributed by atoms with Crippen molar-refractivity contribution in [1.82, 2.24) is 10.2 Å². The van der Waals surface area contributed by atoms with Crippen molar-refractivity contribution in [1.29, 1.82) is 0 Å². The van der Waals surface area contributed by atoms with E-state index in [0.717, 1.165) is 28.9 Å². The van der Waals surface area contributed by atoms with Gasteiger partial charge in [-0.05, 0) is 35.7 Å². The number of hydrogen-bond donors (Lipinski definition) is 2. The van der Waals surface area contributed by atoms with Crippen LogP contribution in [0.3, 0.4) is 0 Å². The Morgan fingerprint density at radius 1 is 1.16 bits per heavy atom. The predicted octanol–water partition coefficient (Wildman–Crippen LogP) is 2.86. The molecule has 134 valence electrons. The van der Waals surface area contributed by atoms with E-state index in [1.807, 2.05) is 37.3 Å². The summed E-state index contributed by atoms with van der Waals surface area (Å²) >= 11 is 6.35. The lowest BCUT2D eigenvalue weighted by atomic mass is 9.94. The molecule has 2 N–H and O–H groups in total. The van der Waals surface area contributed by atoms with E-state index in [1.54, 1.807) is 0 Å². The van der Waals surface area contributed by atoms with Crippen LogP contribution in [0, 0.1) is 0 Å².